The summed E-state index contributed by atoms with van der Waals surface area (Å²) < 4.78 is 16.7. The SMILES string of the molecule is COCCC(C)(C)OCCC(C)(C)OCC(=O)NC(C(=O)O)c1ccc(Cl)cc1. The molecule has 7 nitrogen and oxygen atoms in total. The summed E-state index contributed by atoms with van der Waals surface area (Å²) in [6.07, 6.45) is 1.35. The lowest BCUT2D eigenvalue weighted by molar-refractivity contribution is -0.144. The fourth-order valence-electron chi connectivity index (χ4n) is 2.47. The van der Waals surface area contributed by atoms with Gasteiger partial charge < -0.3 is 24.6 Å². The molecule has 1 aromatic carbocycles. The van der Waals surface area contributed by atoms with E-state index in [-0.39, 0.29) is 12.2 Å². The third-order valence-corrected chi connectivity index (χ3v) is 4.71. The first-order chi connectivity index (χ1) is 13.5. The van der Waals surface area contributed by atoms with Gasteiger partial charge in [-0.25, -0.2) is 4.79 Å². The molecule has 164 valence electrons. The summed E-state index contributed by atoms with van der Waals surface area (Å²) in [6, 6.07) is 5.11. The number of carboxylic acid groups (broad SMARTS) is 1. The number of amides is 1. The Kier molecular flexibility index (Phi) is 10.1. The number of hydrogen-bond acceptors (Lipinski definition) is 5. The van der Waals surface area contributed by atoms with Crippen molar-refractivity contribution in [3.8, 4) is 0 Å². The first kappa shape index (κ1) is 25.4. The van der Waals surface area contributed by atoms with Crippen LogP contribution in [0.2, 0.25) is 5.02 Å². The van der Waals surface area contributed by atoms with Crippen LogP contribution in [0, 0.1) is 0 Å². The fraction of sp³-hybridized carbons (Fsp3) is 0.619. The van der Waals surface area contributed by atoms with Crippen molar-refractivity contribution < 1.29 is 28.9 Å². The van der Waals surface area contributed by atoms with E-state index in [2.05, 4.69) is 5.32 Å². The Morgan fingerprint density at radius 3 is 2.14 bits per heavy atom. The van der Waals surface area contributed by atoms with Gasteiger partial charge >= 0.3 is 5.97 Å². The van der Waals surface area contributed by atoms with Gasteiger partial charge in [-0.2, -0.15) is 0 Å². The van der Waals surface area contributed by atoms with Gasteiger partial charge in [0, 0.05) is 18.7 Å². The van der Waals surface area contributed by atoms with Crippen molar-refractivity contribution in [1.29, 1.82) is 0 Å². The summed E-state index contributed by atoms with van der Waals surface area (Å²) in [4.78, 5) is 23.7. The first-order valence-corrected chi connectivity index (χ1v) is 9.88. The Labute approximate surface area is 177 Å². The molecule has 0 heterocycles. The van der Waals surface area contributed by atoms with E-state index in [1.807, 2.05) is 27.7 Å². The number of carbonyl (C=O) groups excluding carboxylic acids is 1. The van der Waals surface area contributed by atoms with Crippen molar-refractivity contribution >= 4 is 23.5 Å². The van der Waals surface area contributed by atoms with E-state index in [1.54, 1.807) is 31.4 Å². The molecule has 0 radical (unpaired) electrons. The maximum absolute atomic E-state index is 12.2. The van der Waals surface area contributed by atoms with Gasteiger partial charge in [-0.3, -0.25) is 4.79 Å². The molecule has 8 heteroatoms. The molecule has 1 atom stereocenters. The second-order valence-corrected chi connectivity index (χ2v) is 8.48. The Balaban J connectivity index is 2.50. The summed E-state index contributed by atoms with van der Waals surface area (Å²) in [5.74, 6) is -1.67. The lowest BCUT2D eigenvalue weighted by Crippen LogP contribution is -2.39. The molecule has 0 fully saturated rings. The van der Waals surface area contributed by atoms with E-state index in [0.29, 0.717) is 30.2 Å². The number of rotatable bonds is 13. The molecule has 29 heavy (non-hydrogen) atoms. The highest BCUT2D eigenvalue weighted by Crippen LogP contribution is 2.20. The van der Waals surface area contributed by atoms with E-state index in [9.17, 15) is 14.7 Å². The van der Waals surface area contributed by atoms with Crippen molar-refractivity contribution in [2.75, 3.05) is 26.9 Å². The maximum atomic E-state index is 12.2. The zero-order valence-electron chi connectivity index (χ0n) is 17.8. The van der Waals surface area contributed by atoms with E-state index < -0.39 is 23.5 Å². The highest BCUT2D eigenvalue weighted by Gasteiger charge is 2.26. The summed E-state index contributed by atoms with van der Waals surface area (Å²) in [5.41, 5.74) is -0.481. The van der Waals surface area contributed by atoms with Crippen LogP contribution in [0.3, 0.4) is 0 Å². The Bertz CT molecular complexity index is 660. The largest absolute Gasteiger partial charge is 0.479 e. The van der Waals surface area contributed by atoms with Crippen LogP contribution in [0.5, 0.6) is 0 Å². The highest BCUT2D eigenvalue weighted by molar-refractivity contribution is 6.30. The number of carbonyl (C=O) groups is 2. The van der Waals surface area contributed by atoms with E-state index in [4.69, 9.17) is 25.8 Å². The van der Waals surface area contributed by atoms with E-state index in [0.717, 1.165) is 6.42 Å². The molecule has 1 rings (SSSR count). The lowest BCUT2D eigenvalue weighted by atomic mass is 10.0. The number of ether oxygens (including phenoxy) is 3. The molecular formula is C21H32ClNO6. The van der Waals surface area contributed by atoms with E-state index >= 15 is 0 Å². The van der Waals surface area contributed by atoms with Crippen LogP contribution < -0.4 is 5.32 Å². The van der Waals surface area contributed by atoms with Crippen molar-refractivity contribution in [3.63, 3.8) is 0 Å². The predicted molar refractivity (Wildman–Crippen MR) is 111 cm³/mol. The Morgan fingerprint density at radius 1 is 1.03 bits per heavy atom. The van der Waals surface area contributed by atoms with Crippen molar-refractivity contribution in [2.24, 2.45) is 0 Å². The number of aliphatic carboxylic acids is 1. The van der Waals surface area contributed by atoms with Gasteiger partial charge in [0.2, 0.25) is 5.91 Å². The molecule has 0 aliphatic heterocycles. The minimum atomic E-state index is -1.17. The summed E-state index contributed by atoms with van der Waals surface area (Å²) >= 11 is 5.83. The van der Waals surface area contributed by atoms with Gasteiger partial charge in [0.1, 0.15) is 6.61 Å². The molecule has 0 aliphatic rings. The number of carboxylic acids is 1. The minimum absolute atomic E-state index is 0.253. The van der Waals surface area contributed by atoms with Gasteiger partial charge in [0.25, 0.3) is 0 Å². The number of benzene rings is 1. The van der Waals surface area contributed by atoms with Crippen LogP contribution in [-0.2, 0) is 23.8 Å². The second kappa shape index (κ2) is 11.5. The van der Waals surface area contributed by atoms with Crippen LogP contribution in [0.15, 0.2) is 24.3 Å². The third kappa shape index (κ3) is 10.1. The topological polar surface area (TPSA) is 94.1 Å². The lowest BCUT2D eigenvalue weighted by Gasteiger charge is -2.29. The molecule has 0 spiro atoms. The molecule has 1 aromatic rings. The molecule has 1 unspecified atom stereocenters. The quantitative estimate of drug-likeness (QED) is 0.497. The average molecular weight is 430 g/mol. The van der Waals surface area contributed by atoms with E-state index in [1.165, 1.54) is 0 Å². The molecule has 0 saturated heterocycles. The van der Waals surface area contributed by atoms with Crippen molar-refractivity contribution in [2.45, 2.75) is 57.8 Å². The Morgan fingerprint density at radius 2 is 1.59 bits per heavy atom. The normalized spacial score (nSPS) is 13.2. The van der Waals surface area contributed by atoms with Crippen LogP contribution in [0.25, 0.3) is 0 Å². The number of halogens is 1. The van der Waals surface area contributed by atoms with Gasteiger partial charge in [-0.1, -0.05) is 23.7 Å². The summed E-state index contributed by atoms with van der Waals surface area (Å²) in [7, 11) is 1.65. The maximum Gasteiger partial charge on any atom is 0.330 e. The molecule has 0 aromatic heterocycles. The summed E-state index contributed by atoms with van der Waals surface area (Å²) in [5, 5.41) is 12.4. The van der Waals surface area contributed by atoms with Crippen LogP contribution in [0.1, 0.15) is 52.1 Å². The number of methoxy groups -OCH3 is 1. The second-order valence-electron chi connectivity index (χ2n) is 8.04. The van der Waals surface area contributed by atoms with Crippen LogP contribution >= 0.6 is 11.6 Å². The van der Waals surface area contributed by atoms with Gasteiger partial charge in [0.15, 0.2) is 6.04 Å². The molecule has 1 amide bonds. The standard InChI is InChI=1S/C21H32ClNO6/c1-20(2,10-12-27-5)28-13-11-21(3,4)29-14-17(24)23-18(19(25)26)15-6-8-16(22)9-7-15/h6-9,18H,10-14H2,1-5H3,(H,23,24)(H,25,26). The molecule has 0 aliphatic carbocycles. The zero-order valence-corrected chi connectivity index (χ0v) is 18.5. The van der Waals surface area contributed by atoms with Gasteiger partial charge in [0.05, 0.1) is 17.8 Å². The number of nitrogens with one attached hydrogen (secondary N) is 1. The molecular weight excluding hydrogens is 398 g/mol. The van der Waals surface area contributed by atoms with Crippen LogP contribution in [-0.4, -0.2) is 55.1 Å². The average Bonchev–Trinajstić information content (AvgIpc) is 2.63. The molecule has 0 bridgehead atoms. The van der Waals surface area contributed by atoms with Gasteiger partial charge in [-0.05, 0) is 58.2 Å². The van der Waals surface area contributed by atoms with Crippen LogP contribution in [0.4, 0.5) is 0 Å². The fourth-order valence-corrected chi connectivity index (χ4v) is 2.60. The zero-order chi connectivity index (χ0) is 22.1. The monoisotopic (exact) mass is 429 g/mol. The van der Waals surface area contributed by atoms with Crippen molar-refractivity contribution in [1.82, 2.24) is 5.32 Å². The minimum Gasteiger partial charge on any atom is -0.479 e. The van der Waals surface area contributed by atoms with Crippen molar-refractivity contribution in [3.05, 3.63) is 34.9 Å². The predicted octanol–water partition coefficient (Wildman–Crippen LogP) is 3.60. The first-order valence-electron chi connectivity index (χ1n) is 9.50. The van der Waals surface area contributed by atoms with Gasteiger partial charge in [-0.15, -0.1) is 0 Å². The summed E-state index contributed by atoms with van der Waals surface area (Å²) in [6.45, 7) is 8.54. The highest BCUT2D eigenvalue weighted by atomic mass is 35.5. The molecule has 0 saturated carbocycles. The molecule has 2 N–H and O–H groups in total. The smallest absolute Gasteiger partial charge is 0.330 e. The third-order valence-electron chi connectivity index (χ3n) is 4.45. The number of hydrogen-bond donors (Lipinski definition) is 2. The Hall–Kier alpha value is -1.67.